The number of carbonyl (C=O) groups excluding carboxylic acids is 3. The summed E-state index contributed by atoms with van der Waals surface area (Å²) in [6, 6.07) is 7.57. The molecule has 13 nitrogen and oxygen atoms in total. The van der Waals surface area contributed by atoms with E-state index in [0.29, 0.717) is 11.1 Å². The van der Waals surface area contributed by atoms with Crippen LogP contribution in [-0.2, 0) is 36.8 Å². The number of aromatic nitrogens is 1. The molecule has 3 aromatic rings. The van der Waals surface area contributed by atoms with Crippen molar-refractivity contribution in [2.45, 2.75) is 43.4 Å². The number of thiol groups is 1. The second-order valence-corrected chi connectivity index (χ2v) is 9.71. The number of aromatic hydroxyl groups is 1. The van der Waals surface area contributed by atoms with Crippen LogP contribution in [0.2, 0.25) is 0 Å². The molecule has 9 N–H and O–H groups in total. The highest BCUT2D eigenvalue weighted by Crippen LogP contribution is 2.19. The van der Waals surface area contributed by atoms with Gasteiger partial charge in [-0.25, -0.2) is 4.79 Å². The van der Waals surface area contributed by atoms with E-state index in [4.69, 9.17) is 5.73 Å². The zero-order chi connectivity index (χ0) is 30.1. The molecule has 0 radical (unpaired) electrons. The topological polar surface area (TPSA) is 224 Å². The first-order valence-electron chi connectivity index (χ1n) is 12.5. The number of hydrogen-bond donors (Lipinski definition) is 9. The summed E-state index contributed by atoms with van der Waals surface area (Å²) in [6.45, 7) is 0. The SMILES string of the molecule is NC(CS)C(=O)NC(CC(=O)O)C(=O)NC(Cc1ccc(O)cc1)C(=O)NC(Cc1c[nH]c2ccccc12)C(=O)O. The molecule has 14 heteroatoms. The smallest absolute Gasteiger partial charge is 0.326 e. The summed E-state index contributed by atoms with van der Waals surface area (Å²) in [4.78, 5) is 65.3. The fraction of sp³-hybridized carbons (Fsp3) is 0.296. The molecule has 4 atom stereocenters. The van der Waals surface area contributed by atoms with Gasteiger partial charge < -0.3 is 42.0 Å². The highest BCUT2D eigenvalue weighted by molar-refractivity contribution is 7.80. The number of aromatic amines is 1. The van der Waals surface area contributed by atoms with Crippen LogP contribution in [0.1, 0.15) is 17.5 Å². The lowest BCUT2D eigenvalue weighted by Crippen LogP contribution is -2.58. The standard InChI is InChI=1S/C27H31N5O8S/c28-18(13-41)24(36)30-21(11-23(34)35)26(38)31-20(9-14-5-7-16(33)8-6-14)25(37)32-22(27(39)40)10-15-12-29-19-4-2-1-3-17(15)19/h1-8,12,18,20-22,29,33,41H,9-11,13,28H2,(H,30,36)(H,31,38)(H,32,37)(H,34,35)(H,39,40). The van der Waals surface area contributed by atoms with Gasteiger partial charge in [0.2, 0.25) is 17.7 Å². The van der Waals surface area contributed by atoms with Gasteiger partial charge in [0.25, 0.3) is 0 Å². The van der Waals surface area contributed by atoms with Crippen molar-refractivity contribution in [1.29, 1.82) is 0 Å². The van der Waals surface area contributed by atoms with Gasteiger partial charge in [-0.1, -0.05) is 30.3 Å². The van der Waals surface area contributed by atoms with Crippen molar-refractivity contribution in [3.63, 3.8) is 0 Å². The predicted molar refractivity (Wildman–Crippen MR) is 151 cm³/mol. The van der Waals surface area contributed by atoms with Crippen molar-refractivity contribution in [3.05, 3.63) is 65.9 Å². The summed E-state index contributed by atoms with van der Waals surface area (Å²) in [6.07, 6.45) is 0.644. The van der Waals surface area contributed by atoms with Crippen LogP contribution in [0.4, 0.5) is 0 Å². The van der Waals surface area contributed by atoms with Crippen molar-refractivity contribution < 1.29 is 39.3 Å². The number of carbonyl (C=O) groups is 5. The minimum Gasteiger partial charge on any atom is -0.508 e. The van der Waals surface area contributed by atoms with Crippen LogP contribution in [0, 0.1) is 0 Å². The molecule has 0 aliphatic rings. The Morgan fingerprint density at radius 3 is 2.07 bits per heavy atom. The molecule has 218 valence electrons. The molecule has 1 aromatic heterocycles. The Kier molecular flexibility index (Phi) is 10.7. The molecule has 1 heterocycles. The van der Waals surface area contributed by atoms with E-state index in [2.05, 4.69) is 33.6 Å². The first-order chi connectivity index (χ1) is 19.5. The quantitative estimate of drug-likeness (QED) is 0.115. The maximum atomic E-state index is 13.4. The third-order valence-corrected chi connectivity index (χ3v) is 6.66. The minimum atomic E-state index is -1.58. The van der Waals surface area contributed by atoms with Gasteiger partial charge in [0.15, 0.2) is 0 Å². The van der Waals surface area contributed by atoms with Crippen molar-refractivity contribution >= 4 is 53.2 Å². The van der Waals surface area contributed by atoms with Crippen LogP contribution in [0.25, 0.3) is 10.9 Å². The number of aliphatic carboxylic acids is 2. The van der Waals surface area contributed by atoms with Crippen LogP contribution in [0.3, 0.4) is 0 Å². The summed E-state index contributed by atoms with van der Waals surface area (Å²) >= 11 is 3.92. The first-order valence-corrected chi connectivity index (χ1v) is 13.2. The van der Waals surface area contributed by atoms with Crippen molar-refractivity contribution in [3.8, 4) is 5.75 Å². The average molecular weight is 586 g/mol. The molecule has 0 aliphatic carbocycles. The zero-order valence-electron chi connectivity index (χ0n) is 21.7. The summed E-state index contributed by atoms with van der Waals surface area (Å²) in [5, 5.41) is 36.7. The molecule has 3 rings (SSSR count). The largest absolute Gasteiger partial charge is 0.508 e. The summed E-state index contributed by atoms with van der Waals surface area (Å²) < 4.78 is 0. The Balaban J connectivity index is 1.84. The number of para-hydroxylation sites is 1. The second-order valence-electron chi connectivity index (χ2n) is 9.34. The van der Waals surface area contributed by atoms with E-state index < -0.39 is 60.2 Å². The van der Waals surface area contributed by atoms with Crippen LogP contribution in [0.5, 0.6) is 5.75 Å². The first kappa shape index (κ1) is 31.0. The maximum absolute atomic E-state index is 13.4. The number of nitrogens with two attached hydrogens (primary N) is 1. The predicted octanol–water partition coefficient (Wildman–Crippen LogP) is -0.0705. The number of rotatable bonds is 14. The van der Waals surface area contributed by atoms with Crippen molar-refractivity contribution in [1.82, 2.24) is 20.9 Å². The average Bonchev–Trinajstić information content (AvgIpc) is 3.34. The maximum Gasteiger partial charge on any atom is 0.326 e. The van der Waals surface area contributed by atoms with Gasteiger partial charge in [-0.05, 0) is 29.3 Å². The lowest BCUT2D eigenvalue weighted by Gasteiger charge is -2.24. The van der Waals surface area contributed by atoms with E-state index in [1.54, 1.807) is 12.3 Å². The minimum absolute atomic E-state index is 0.0341. The van der Waals surface area contributed by atoms with Crippen LogP contribution in [-0.4, -0.2) is 79.9 Å². The molecule has 0 bridgehead atoms. The molecule has 0 saturated heterocycles. The number of carboxylic acids is 2. The van der Waals surface area contributed by atoms with Gasteiger partial charge in [0.1, 0.15) is 23.9 Å². The molecule has 0 fully saturated rings. The lowest BCUT2D eigenvalue weighted by atomic mass is 10.0. The van der Waals surface area contributed by atoms with E-state index in [9.17, 15) is 39.3 Å². The highest BCUT2D eigenvalue weighted by Gasteiger charge is 2.32. The number of nitrogens with one attached hydrogen (secondary N) is 4. The van der Waals surface area contributed by atoms with Gasteiger partial charge >= 0.3 is 11.9 Å². The number of hydrogen-bond acceptors (Lipinski definition) is 8. The molecule has 4 unspecified atom stereocenters. The lowest BCUT2D eigenvalue weighted by molar-refractivity contribution is -0.143. The van der Waals surface area contributed by atoms with Gasteiger partial charge in [-0.15, -0.1) is 0 Å². The van der Waals surface area contributed by atoms with Crippen molar-refractivity contribution in [2.24, 2.45) is 5.73 Å². The molecule has 41 heavy (non-hydrogen) atoms. The third kappa shape index (κ3) is 8.71. The zero-order valence-corrected chi connectivity index (χ0v) is 22.6. The number of fused-ring (bicyclic) bond motifs is 1. The summed E-state index contributed by atoms with van der Waals surface area (Å²) in [5.74, 6) is -5.46. The Labute approximate surface area is 239 Å². The Morgan fingerprint density at radius 1 is 0.829 bits per heavy atom. The van der Waals surface area contributed by atoms with Gasteiger partial charge in [0.05, 0.1) is 12.5 Å². The number of carboxylic acid groups (broad SMARTS) is 2. The number of H-pyrrole nitrogens is 1. The third-order valence-electron chi connectivity index (χ3n) is 6.27. The van der Waals surface area contributed by atoms with E-state index >= 15 is 0 Å². The number of amides is 3. The van der Waals surface area contributed by atoms with Gasteiger partial charge in [-0.3, -0.25) is 19.2 Å². The van der Waals surface area contributed by atoms with Crippen LogP contribution in [0.15, 0.2) is 54.7 Å². The van der Waals surface area contributed by atoms with Crippen LogP contribution >= 0.6 is 12.6 Å². The van der Waals surface area contributed by atoms with E-state index in [1.807, 2.05) is 18.2 Å². The van der Waals surface area contributed by atoms with E-state index in [0.717, 1.165) is 10.9 Å². The molecular formula is C27H31N5O8S. The summed E-state index contributed by atoms with van der Waals surface area (Å²) in [7, 11) is 0. The Morgan fingerprint density at radius 2 is 1.44 bits per heavy atom. The van der Waals surface area contributed by atoms with Gasteiger partial charge in [-0.2, -0.15) is 12.6 Å². The van der Waals surface area contributed by atoms with E-state index in [-0.39, 0.29) is 24.3 Å². The molecule has 2 aromatic carbocycles. The number of phenolic OH excluding ortho intramolecular Hbond substituents is 1. The van der Waals surface area contributed by atoms with Crippen molar-refractivity contribution in [2.75, 3.05) is 5.75 Å². The van der Waals surface area contributed by atoms with Gasteiger partial charge in [0, 0.05) is 35.7 Å². The molecule has 0 saturated carbocycles. The Bertz CT molecular complexity index is 1410. The molecule has 0 spiro atoms. The monoisotopic (exact) mass is 585 g/mol. The summed E-state index contributed by atoms with van der Waals surface area (Å²) in [5.41, 5.74) is 7.57. The molecule has 0 aliphatic heterocycles. The number of benzene rings is 2. The Hall–Kier alpha value is -4.56. The number of phenols is 1. The fourth-order valence-corrected chi connectivity index (χ4v) is 4.25. The fourth-order valence-electron chi connectivity index (χ4n) is 4.09. The second kappa shape index (κ2) is 14.2. The normalized spacial score (nSPS) is 13.9. The molecular weight excluding hydrogens is 554 g/mol. The van der Waals surface area contributed by atoms with Crippen LogP contribution < -0.4 is 21.7 Å². The molecule has 3 amide bonds. The van der Waals surface area contributed by atoms with E-state index in [1.165, 1.54) is 24.3 Å². The highest BCUT2D eigenvalue weighted by atomic mass is 32.1.